The molecule has 110 valence electrons. The highest BCUT2D eigenvalue weighted by atomic mass is 35.5. The number of hydrogen-bond acceptors (Lipinski definition) is 2. The van der Waals surface area contributed by atoms with E-state index in [1.165, 1.54) is 12.8 Å². The fourth-order valence-corrected chi connectivity index (χ4v) is 3.49. The number of aromatic nitrogens is 1. The molecule has 0 radical (unpaired) electrons. The minimum absolute atomic E-state index is 0.0988. The van der Waals surface area contributed by atoms with Gasteiger partial charge in [0.1, 0.15) is 5.69 Å². The van der Waals surface area contributed by atoms with Crippen LogP contribution in [0.1, 0.15) is 23.3 Å². The van der Waals surface area contributed by atoms with E-state index in [0.29, 0.717) is 10.7 Å². The number of H-pyrrole nitrogens is 1. The molecule has 21 heavy (non-hydrogen) atoms. The van der Waals surface area contributed by atoms with Gasteiger partial charge in [-0.15, -0.1) is 0 Å². The normalized spacial score (nSPS) is 21.1. The van der Waals surface area contributed by atoms with Crippen molar-refractivity contribution in [3.63, 3.8) is 0 Å². The number of piperazine rings is 1. The molecule has 1 aliphatic heterocycles. The molecule has 0 atom stereocenters. The minimum Gasteiger partial charge on any atom is -0.351 e. The van der Waals surface area contributed by atoms with Crippen LogP contribution in [0, 0.1) is 0 Å². The van der Waals surface area contributed by atoms with Crippen LogP contribution in [0.3, 0.4) is 0 Å². The van der Waals surface area contributed by atoms with Crippen LogP contribution in [0.2, 0.25) is 5.02 Å². The number of carbonyl (C=O) groups is 1. The zero-order valence-electron chi connectivity index (χ0n) is 12.0. The first-order valence-electron chi connectivity index (χ1n) is 7.36. The first-order valence-corrected chi connectivity index (χ1v) is 7.74. The van der Waals surface area contributed by atoms with Crippen molar-refractivity contribution in [1.29, 1.82) is 0 Å². The van der Waals surface area contributed by atoms with Gasteiger partial charge in [0.25, 0.3) is 5.91 Å². The number of aromatic amines is 1. The third kappa shape index (κ3) is 2.14. The molecular formula is C16H18ClN3O. The Morgan fingerprint density at radius 2 is 2.10 bits per heavy atom. The number of fused-ring (bicyclic) bond motifs is 1. The Balaban J connectivity index is 1.61. The number of carbonyl (C=O) groups excluding carboxylic acids is 1. The number of rotatable bonds is 1. The molecule has 1 amide bonds. The lowest BCUT2D eigenvalue weighted by atomic mass is 10.1. The Kier molecular flexibility index (Phi) is 2.81. The van der Waals surface area contributed by atoms with E-state index in [1.54, 1.807) is 0 Å². The highest BCUT2D eigenvalue weighted by Gasteiger charge is 2.50. The van der Waals surface area contributed by atoms with E-state index in [4.69, 9.17) is 11.6 Å². The summed E-state index contributed by atoms with van der Waals surface area (Å²) < 4.78 is 0. The molecule has 5 heteroatoms. The second kappa shape index (κ2) is 4.49. The molecule has 1 saturated heterocycles. The summed E-state index contributed by atoms with van der Waals surface area (Å²) in [5.41, 5.74) is 1.87. The van der Waals surface area contributed by atoms with Gasteiger partial charge in [0.15, 0.2) is 0 Å². The van der Waals surface area contributed by atoms with Crippen LogP contribution in [0.4, 0.5) is 0 Å². The molecule has 2 aromatic rings. The topological polar surface area (TPSA) is 39.3 Å². The zero-order valence-corrected chi connectivity index (χ0v) is 12.8. The molecule has 1 N–H and O–H groups in total. The number of amides is 1. The van der Waals surface area contributed by atoms with Gasteiger partial charge in [0.2, 0.25) is 0 Å². The van der Waals surface area contributed by atoms with Crippen LogP contribution in [-0.4, -0.2) is 52.9 Å². The molecule has 2 heterocycles. The molecule has 1 aliphatic carbocycles. The molecule has 1 spiro atoms. The Labute approximate surface area is 128 Å². The maximum absolute atomic E-state index is 12.7. The van der Waals surface area contributed by atoms with Crippen LogP contribution in [0.5, 0.6) is 0 Å². The largest absolute Gasteiger partial charge is 0.351 e. The van der Waals surface area contributed by atoms with Crippen molar-refractivity contribution in [2.24, 2.45) is 0 Å². The van der Waals surface area contributed by atoms with Crippen molar-refractivity contribution in [3.8, 4) is 0 Å². The van der Waals surface area contributed by atoms with E-state index in [2.05, 4.69) is 16.9 Å². The van der Waals surface area contributed by atoms with Gasteiger partial charge < -0.3 is 9.88 Å². The van der Waals surface area contributed by atoms with Gasteiger partial charge >= 0.3 is 0 Å². The third-order valence-corrected chi connectivity index (χ3v) is 5.16. The second-order valence-electron chi connectivity index (χ2n) is 6.29. The van der Waals surface area contributed by atoms with E-state index in [-0.39, 0.29) is 11.4 Å². The molecule has 1 aromatic carbocycles. The first-order chi connectivity index (χ1) is 10.1. The van der Waals surface area contributed by atoms with E-state index in [1.807, 2.05) is 29.2 Å². The van der Waals surface area contributed by atoms with Crippen LogP contribution >= 0.6 is 11.6 Å². The van der Waals surface area contributed by atoms with Crippen molar-refractivity contribution in [3.05, 3.63) is 35.0 Å². The number of nitrogens with one attached hydrogen (secondary N) is 1. The van der Waals surface area contributed by atoms with Gasteiger partial charge in [-0.05, 0) is 44.2 Å². The highest BCUT2D eigenvalue weighted by Crippen LogP contribution is 2.43. The lowest BCUT2D eigenvalue weighted by Gasteiger charge is -2.39. The van der Waals surface area contributed by atoms with Crippen molar-refractivity contribution in [1.82, 2.24) is 14.8 Å². The van der Waals surface area contributed by atoms with Crippen molar-refractivity contribution in [2.75, 3.05) is 26.7 Å². The molecule has 4 nitrogen and oxygen atoms in total. The number of hydrogen-bond donors (Lipinski definition) is 1. The van der Waals surface area contributed by atoms with E-state index >= 15 is 0 Å². The lowest BCUT2D eigenvalue weighted by Crippen LogP contribution is -2.54. The predicted molar refractivity (Wildman–Crippen MR) is 83.8 cm³/mol. The fourth-order valence-electron chi connectivity index (χ4n) is 3.31. The predicted octanol–water partition coefficient (Wildman–Crippen LogP) is 2.74. The average Bonchev–Trinajstić information content (AvgIpc) is 3.11. The average molecular weight is 304 g/mol. The summed E-state index contributed by atoms with van der Waals surface area (Å²) in [6.45, 7) is 2.60. The van der Waals surface area contributed by atoms with Gasteiger partial charge in [0.05, 0.1) is 0 Å². The van der Waals surface area contributed by atoms with E-state index < -0.39 is 0 Å². The molecule has 0 bridgehead atoms. The number of halogens is 1. The van der Waals surface area contributed by atoms with Crippen LogP contribution in [0.15, 0.2) is 24.3 Å². The van der Waals surface area contributed by atoms with Gasteiger partial charge in [0, 0.05) is 41.1 Å². The zero-order chi connectivity index (χ0) is 14.6. The van der Waals surface area contributed by atoms with Crippen molar-refractivity contribution in [2.45, 2.75) is 18.4 Å². The summed E-state index contributed by atoms with van der Waals surface area (Å²) >= 11 is 6.00. The van der Waals surface area contributed by atoms with Crippen LogP contribution < -0.4 is 0 Å². The van der Waals surface area contributed by atoms with E-state index in [9.17, 15) is 4.79 Å². The van der Waals surface area contributed by atoms with Crippen LogP contribution in [0.25, 0.3) is 10.9 Å². The molecule has 1 aromatic heterocycles. The standard InChI is InChI=1S/C16H18ClN3O/c1-19-6-7-20(10-16(19)4-5-16)15(21)14-9-11-8-12(17)2-3-13(11)18-14/h2-3,8-9,18H,4-7,10H2,1H3. The maximum Gasteiger partial charge on any atom is 0.270 e. The third-order valence-electron chi connectivity index (χ3n) is 4.93. The molecule has 4 rings (SSSR count). The molecule has 2 fully saturated rings. The highest BCUT2D eigenvalue weighted by molar-refractivity contribution is 6.31. The summed E-state index contributed by atoms with van der Waals surface area (Å²) in [7, 11) is 2.17. The van der Waals surface area contributed by atoms with Crippen molar-refractivity contribution >= 4 is 28.4 Å². The number of nitrogens with zero attached hydrogens (tertiary/aromatic N) is 2. The van der Waals surface area contributed by atoms with Gasteiger partial charge in [-0.1, -0.05) is 11.6 Å². The van der Waals surface area contributed by atoms with Crippen molar-refractivity contribution < 1.29 is 4.79 Å². The van der Waals surface area contributed by atoms with E-state index in [0.717, 1.165) is 30.5 Å². The lowest BCUT2D eigenvalue weighted by molar-refractivity contribution is 0.0493. The quantitative estimate of drug-likeness (QED) is 0.880. The Morgan fingerprint density at radius 1 is 1.29 bits per heavy atom. The molecule has 0 unspecified atom stereocenters. The minimum atomic E-state index is 0.0988. The first kappa shape index (κ1) is 13.2. The second-order valence-corrected chi connectivity index (χ2v) is 6.72. The smallest absolute Gasteiger partial charge is 0.270 e. The molecule has 1 saturated carbocycles. The number of benzene rings is 1. The maximum atomic E-state index is 12.7. The summed E-state index contributed by atoms with van der Waals surface area (Å²) in [6.07, 6.45) is 2.41. The SMILES string of the molecule is CN1CCN(C(=O)c2cc3cc(Cl)ccc3[nH]2)CC12CC2. The van der Waals surface area contributed by atoms with Gasteiger partial charge in [-0.25, -0.2) is 0 Å². The Morgan fingerprint density at radius 3 is 2.86 bits per heavy atom. The van der Waals surface area contributed by atoms with Gasteiger partial charge in [-0.3, -0.25) is 9.69 Å². The molecule has 2 aliphatic rings. The summed E-state index contributed by atoms with van der Waals surface area (Å²) in [5, 5.41) is 1.68. The summed E-state index contributed by atoms with van der Waals surface area (Å²) in [4.78, 5) is 20.3. The number of likely N-dealkylation sites (N-methyl/N-ethyl adjacent to an activating group) is 1. The monoisotopic (exact) mass is 303 g/mol. The molecular weight excluding hydrogens is 286 g/mol. The Hall–Kier alpha value is -1.52. The van der Waals surface area contributed by atoms with Gasteiger partial charge in [-0.2, -0.15) is 0 Å². The van der Waals surface area contributed by atoms with Crippen LogP contribution in [-0.2, 0) is 0 Å². The summed E-state index contributed by atoms with van der Waals surface area (Å²) in [6, 6.07) is 7.54. The summed E-state index contributed by atoms with van der Waals surface area (Å²) in [5.74, 6) is 0.0988. The fraction of sp³-hybridized carbons (Fsp3) is 0.438. The Bertz CT molecular complexity index is 719.